The van der Waals surface area contributed by atoms with Crippen LogP contribution in [0.3, 0.4) is 0 Å². The van der Waals surface area contributed by atoms with E-state index in [9.17, 15) is 61.0 Å². The van der Waals surface area contributed by atoms with Crippen LogP contribution in [0, 0.1) is 0 Å². The molecule has 3 rings (SSSR count). The van der Waals surface area contributed by atoms with Crippen molar-refractivity contribution in [2.24, 2.45) is 0 Å². The zero-order valence-corrected chi connectivity index (χ0v) is 55.4. The summed E-state index contributed by atoms with van der Waals surface area (Å²) in [6.07, 6.45) is 34.5. The van der Waals surface area contributed by atoms with Crippen LogP contribution in [0.5, 0.6) is 0 Å². The Kier molecular flexibility index (Phi) is 48.1. The number of carbonyl (C=O) groups is 1. The van der Waals surface area contributed by atoms with Gasteiger partial charge in [-0.05, 0) is 44.9 Å². The van der Waals surface area contributed by atoms with Crippen LogP contribution in [0.15, 0.2) is 24.3 Å². The summed E-state index contributed by atoms with van der Waals surface area (Å²) in [7, 11) is 0. The molecule has 1 amide bonds. The van der Waals surface area contributed by atoms with E-state index in [1.165, 1.54) is 212 Å². The zero-order chi connectivity index (χ0) is 64.7. The van der Waals surface area contributed by atoms with Gasteiger partial charge in [-0.2, -0.15) is 0 Å². The minimum absolute atomic E-state index is 0.246. The van der Waals surface area contributed by atoms with E-state index < -0.39 is 124 Å². The number of unbranched alkanes of at least 4 members (excludes halogenated alkanes) is 38. The predicted molar refractivity (Wildman–Crippen MR) is 346 cm³/mol. The molecular weight excluding hydrogens is 1140 g/mol. The average Bonchev–Trinajstić information content (AvgIpc) is 1.58. The van der Waals surface area contributed by atoms with Gasteiger partial charge in [-0.1, -0.05) is 256 Å². The fourth-order valence-electron chi connectivity index (χ4n) is 12.4. The summed E-state index contributed by atoms with van der Waals surface area (Å²) in [6, 6.07) is -0.966. The first-order chi connectivity index (χ1) is 43.3. The van der Waals surface area contributed by atoms with Crippen LogP contribution in [0.25, 0.3) is 0 Å². The molecule has 0 spiro atoms. The molecule has 3 fully saturated rings. The number of aliphatic hydroxyl groups excluding tert-OH is 11. The van der Waals surface area contributed by atoms with Crippen LogP contribution in [0.4, 0.5) is 0 Å². The molecule has 19 heteroatoms. The third-order valence-corrected chi connectivity index (χ3v) is 18.2. The Labute approximate surface area is 537 Å². The highest BCUT2D eigenvalue weighted by Gasteiger charge is 2.53. The quantitative estimate of drug-likeness (QED) is 0.0199. The van der Waals surface area contributed by atoms with E-state index in [0.29, 0.717) is 6.42 Å². The lowest BCUT2D eigenvalue weighted by Crippen LogP contribution is -2.66. The van der Waals surface area contributed by atoms with E-state index in [-0.39, 0.29) is 18.9 Å². The number of carbonyl (C=O) groups excluding carboxylic acids is 1. The first-order valence-electron chi connectivity index (χ1n) is 36.1. The molecule has 3 aliphatic rings. The third kappa shape index (κ3) is 34.5. The monoisotopic (exact) mass is 1270 g/mol. The first kappa shape index (κ1) is 81.5. The molecule has 3 saturated heterocycles. The maximum atomic E-state index is 13.2. The topological polar surface area (TPSA) is 307 Å². The Bertz CT molecular complexity index is 1710. The summed E-state index contributed by atoms with van der Waals surface area (Å²) < 4.78 is 34.1. The van der Waals surface area contributed by atoms with Crippen LogP contribution in [-0.4, -0.2) is 193 Å². The number of aliphatic hydroxyl groups is 11. The second kappa shape index (κ2) is 52.5. The second-order valence-electron chi connectivity index (χ2n) is 26.1. The lowest BCUT2D eigenvalue weighted by atomic mass is 9.96. The Balaban J connectivity index is 1.21. The zero-order valence-electron chi connectivity index (χ0n) is 55.4. The summed E-state index contributed by atoms with van der Waals surface area (Å²) in [6.45, 7) is 1.61. The van der Waals surface area contributed by atoms with Gasteiger partial charge in [-0.3, -0.25) is 4.79 Å². The molecule has 3 heterocycles. The molecule has 0 aromatic carbocycles. The van der Waals surface area contributed by atoms with Crippen molar-refractivity contribution in [1.82, 2.24) is 5.32 Å². The van der Waals surface area contributed by atoms with Gasteiger partial charge in [0.15, 0.2) is 18.9 Å². The molecule has 0 bridgehead atoms. The Morgan fingerprint density at radius 1 is 0.393 bits per heavy atom. The van der Waals surface area contributed by atoms with Gasteiger partial charge in [0, 0.05) is 6.42 Å². The summed E-state index contributed by atoms with van der Waals surface area (Å²) in [5.74, 6) is -0.278. The molecule has 17 unspecified atom stereocenters. The van der Waals surface area contributed by atoms with Crippen molar-refractivity contribution in [3.8, 4) is 0 Å². The van der Waals surface area contributed by atoms with Crippen LogP contribution in [-0.2, 0) is 33.2 Å². The van der Waals surface area contributed by atoms with Crippen molar-refractivity contribution in [1.29, 1.82) is 0 Å². The molecule has 3 aliphatic heterocycles. The Morgan fingerprint density at radius 2 is 0.708 bits per heavy atom. The van der Waals surface area contributed by atoms with Gasteiger partial charge in [0.25, 0.3) is 0 Å². The molecule has 0 aliphatic carbocycles. The van der Waals surface area contributed by atoms with Gasteiger partial charge in [0.2, 0.25) is 5.91 Å². The van der Waals surface area contributed by atoms with Crippen molar-refractivity contribution >= 4 is 5.91 Å². The molecule has 524 valence electrons. The van der Waals surface area contributed by atoms with E-state index in [4.69, 9.17) is 28.4 Å². The van der Waals surface area contributed by atoms with Crippen molar-refractivity contribution in [3.05, 3.63) is 24.3 Å². The number of hydrogen-bond donors (Lipinski definition) is 12. The number of allylic oxidation sites excluding steroid dienone is 3. The second-order valence-corrected chi connectivity index (χ2v) is 26.1. The van der Waals surface area contributed by atoms with E-state index >= 15 is 0 Å². The summed E-state index contributed by atoms with van der Waals surface area (Å²) in [4.78, 5) is 13.2. The third-order valence-electron chi connectivity index (χ3n) is 18.2. The van der Waals surface area contributed by atoms with Crippen molar-refractivity contribution in [2.75, 3.05) is 26.4 Å². The highest BCUT2D eigenvalue weighted by atomic mass is 16.8. The predicted octanol–water partition coefficient (Wildman–Crippen LogP) is 9.83. The van der Waals surface area contributed by atoms with Crippen molar-refractivity contribution in [3.63, 3.8) is 0 Å². The van der Waals surface area contributed by atoms with E-state index in [1.807, 2.05) is 6.08 Å². The Hall–Kier alpha value is -1.73. The number of nitrogens with one attached hydrogen (secondary N) is 1. The lowest BCUT2D eigenvalue weighted by Gasteiger charge is -2.48. The largest absolute Gasteiger partial charge is 0.394 e. The molecule has 0 saturated carbocycles. The van der Waals surface area contributed by atoms with Crippen LogP contribution >= 0.6 is 0 Å². The summed E-state index contributed by atoms with van der Waals surface area (Å²) in [5.41, 5.74) is 0. The van der Waals surface area contributed by atoms with E-state index in [1.54, 1.807) is 6.08 Å². The summed E-state index contributed by atoms with van der Waals surface area (Å²) in [5, 5.41) is 120. The molecule has 19 nitrogen and oxygen atoms in total. The fraction of sp³-hybridized carbons (Fsp3) is 0.929. The Morgan fingerprint density at radius 3 is 1.11 bits per heavy atom. The highest BCUT2D eigenvalue weighted by molar-refractivity contribution is 5.76. The lowest BCUT2D eigenvalue weighted by molar-refractivity contribution is -0.379. The minimum atomic E-state index is -1.97. The maximum absolute atomic E-state index is 13.2. The standard InChI is InChI=1S/C70H131NO18/c1-3-5-7-9-10-11-12-13-14-15-16-17-18-19-20-21-22-23-24-25-26-27-28-29-30-31-32-33-34-35-36-37-38-39-40-41-42-44-46-48-58(76)71-53(54(75)47-45-43-8-6-4-2)52-84-68-64(82)61(79)66(56(50-73)86-68)89-70-65(83)62(80)67(57(51-74)87-70)88-69-63(81)60(78)59(77)55(49-72)85-69/h15-16,45,47,53-57,59-70,72-75,77-83H,3-14,17-44,46,48-52H2,1-2H3,(H,71,76)/b16-15-,47-45+. The number of rotatable bonds is 56. The molecular formula is C70H131NO18. The normalized spacial score (nSPS) is 28.3. The number of hydrogen-bond acceptors (Lipinski definition) is 18. The molecule has 0 aromatic rings. The smallest absolute Gasteiger partial charge is 0.220 e. The maximum Gasteiger partial charge on any atom is 0.220 e. The van der Waals surface area contributed by atoms with E-state index in [2.05, 4.69) is 31.3 Å². The number of amides is 1. The number of ether oxygens (including phenoxy) is 6. The van der Waals surface area contributed by atoms with Crippen LogP contribution < -0.4 is 5.32 Å². The van der Waals surface area contributed by atoms with Gasteiger partial charge in [-0.15, -0.1) is 0 Å². The van der Waals surface area contributed by atoms with Gasteiger partial charge in [0.05, 0.1) is 38.6 Å². The van der Waals surface area contributed by atoms with Gasteiger partial charge in [0.1, 0.15) is 73.2 Å². The van der Waals surface area contributed by atoms with Crippen molar-refractivity contribution < 1.29 is 89.4 Å². The fourth-order valence-corrected chi connectivity index (χ4v) is 12.4. The van der Waals surface area contributed by atoms with Gasteiger partial charge < -0.3 is 89.9 Å². The van der Waals surface area contributed by atoms with Gasteiger partial charge in [-0.25, -0.2) is 0 Å². The molecule has 89 heavy (non-hydrogen) atoms. The SMILES string of the molecule is CCCCC/C=C/C(O)C(COC1OC(CO)C(OC2OC(CO)C(OC3OC(CO)C(O)C(O)C3O)C(O)C2O)C(O)C1O)NC(=O)CCCCCCCCCCCCCCCCCCCCCCCCCCCCC/C=C\CCCCCCCCCC. The van der Waals surface area contributed by atoms with Crippen LogP contribution in [0.1, 0.15) is 284 Å². The molecule has 0 radical (unpaired) electrons. The van der Waals surface area contributed by atoms with Crippen molar-refractivity contribution in [2.45, 2.75) is 388 Å². The highest BCUT2D eigenvalue weighted by Crippen LogP contribution is 2.33. The minimum Gasteiger partial charge on any atom is -0.394 e. The first-order valence-corrected chi connectivity index (χ1v) is 36.1. The molecule has 0 aromatic heterocycles. The molecule has 17 atom stereocenters. The average molecular weight is 1270 g/mol. The molecule has 12 N–H and O–H groups in total. The van der Waals surface area contributed by atoms with E-state index in [0.717, 1.165) is 44.9 Å². The summed E-state index contributed by atoms with van der Waals surface area (Å²) >= 11 is 0. The van der Waals surface area contributed by atoms with Crippen LogP contribution in [0.2, 0.25) is 0 Å². The van der Waals surface area contributed by atoms with Gasteiger partial charge >= 0.3 is 0 Å².